The van der Waals surface area contributed by atoms with E-state index in [9.17, 15) is 0 Å². The lowest BCUT2D eigenvalue weighted by molar-refractivity contribution is 0.177. The van der Waals surface area contributed by atoms with Gasteiger partial charge in [0.05, 0.1) is 12.7 Å². The molecule has 2 heteroatoms. The van der Waals surface area contributed by atoms with Crippen molar-refractivity contribution in [3.63, 3.8) is 0 Å². The van der Waals surface area contributed by atoms with E-state index >= 15 is 0 Å². The SMILES string of the molecule is CCC(C)(C)c1ccc(OCCCCC(C)O)cc1. The van der Waals surface area contributed by atoms with E-state index in [1.807, 2.05) is 6.92 Å². The number of benzene rings is 1. The van der Waals surface area contributed by atoms with Gasteiger partial charge in [-0.25, -0.2) is 0 Å². The van der Waals surface area contributed by atoms with Gasteiger partial charge in [0.2, 0.25) is 0 Å². The molecule has 0 bridgehead atoms. The fraction of sp³-hybridized carbons (Fsp3) is 0.647. The summed E-state index contributed by atoms with van der Waals surface area (Å²) >= 11 is 0. The number of aliphatic hydroxyl groups excluding tert-OH is 1. The zero-order valence-electron chi connectivity index (χ0n) is 12.8. The Balaban J connectivity index is 2.37. The molecule has 0 aliphatic heterocycles. The van der Waals surface area contributed by atoms with Crippen LogP contribution in [-0.2, 0) is 5.41 Å². The average molecular weight is 264 g/mol. The summed E-state index contributed by atoms with van der Waals surface area (Å²) in [5, 5.41) is 9.16. The molecule has 1 unspecified atom stereocenters. The van der Waals surface area contributed by atoms with Crippen LogP contribution in [0, 0.1) is 0 Å². The average Bonchev–Trinajstić information content (AvgIpc) is 2.38. The smallest absolute Gasteiger partial charge is 0.119 e. The molecule has 2 nitrogen and oxygen atoms in total. The highest BCUT2D eigenvalue weighted by molar-refractivity contribution is 5.31. The molecular formula is C17H28O2. The number of unbranched alkanes of at least 4 members (excludes halogenated alkanes) is 1. The van der Waals surface area contributed by atoms with Crippen molar-refractivity contribution < 1.29 is 9.84 Å². The van der Waals surface area contributed by atoms with E-state index in [4.69, 9.17) is 9.84 Å². The van der Waals surface area contributed by atoms with E-state index in [2.05, 4.69) is 45.0 Å². The number of aliphatic hydroxyl groups is 1. The quantitative estimate of drug-likeness (QED) is 0.709. The summed E-state index contributed by atoms with van der Waals surface area (Å²) in [7, 11) is 0. The van der Waals surface area contributed by atoms with Gasteiger partial charge in [-0.3, -0.25) is 0 Å². The molecule has 0 aromatic heterocycles. The maximum Gasteiger partial charge on any atom is 0.119 e. The lowest BCUT2D eigenvalue weighted by Gasteiger charge is -2.23. The largest absolute Gasteiger partial charge is 0.494 e. The third-order valence-electron chi connectivity index (χ3n) is 3.80. The van der Waals surface area contributed by atoms with E-state index in [0.29, 0.717) is 0 Å². The molecule has 0 saturated heterocycles. The molecule has 0 spiro atoms. The van der Waals surface area contributed by atoms with Gasteiger partial charge in [-0.05, 0) is 55.7 Å². The van der Waals surface area contributed by atoms with Gasteiger partial charge in [0.1, 0.15) is 5.75 Å². The molecule has 1 aromatic carbocycles. The zero-order valence-corrected chi connectivity index (χ0v) is 12.8. The Morgan fingerprint density at radius 2 is 1.79 bits per heavy atom. The molecule has 0 amide bonds. The van der Waals surface area contributed by atoms with Gasteiger partial charge < -0.3 is 9.84 Å². The van der Waals surface area contributed by atoms with Gasteiger partial charge >= 0.3 is 0 Å². The number of rotatable bonds is 8. The number of hydrogen-bond donors (Lipinski definition) is 1. The lowest BCUT2D eigenvalue weighted by Crippen LogP contribution is -2.15. The Morgan fingerprint density at radius 3 is 2.32 bits per heavy atom. The van der Waals surface area contributed by atoms with Crippen molar-refractivity contribution in [2.45, 2.75) is 64.9 Å². The highest BCUT2D eigenvalue weighted by Gasteiger charge is 2.17. The first-order valence-corrected chi connectivity index (χ1v) is 7.37. The second-order valence-electron chi connectivity index (χ2n) is 5.96. The van der Waals surface area contributed by atoms with Crippen molar-refractivity contribution in [1.29, 1.82) is 0 Å². The first-order chi connectivity index (χ1) is 8.95. The van der Waals surface area contributed by atoms with Gasteiger partial charge in [0.25, 0.3) is 0 Å². The van der Waals surface area contributed by atoms with Crippen LogP contribution >= 0.6 is 0 Å². The molecule has 0 fully saturated rings. The third kappa shape index (κ3) is 5.65. The summed E-state index contributed by atoms with van der Waals surface area (Å²) in [5.41, 5.74) is 1.59. The Morgan fingerprint density at radius 1 is 1.16 bits per heavy atom. The van der Waals surface area contributed by atoms with Crippen molar-refractivity contribution in [2.24, 2.45) is 0 Å². The van der Waals surface area contributed by atoms with Crippen LogP contribution in [0.4, 0.5) is 0 Å². The van der Waals surface area contributed by atoms with E-state index in [-0.39, 0.29) is 11.5 Å². The molecule has 1 N–H and O–H groups in total. The second kappa shape index (κ2) is 7.54. The first-order valence-electron chi connectivity index (χ1n) is 7.37. The standard InChI is InChI=1S/C17H28O2/c1-5-17(3,4)15-9-11-16(12-10-15)19-13-7-6-8-14(2)18/h9-12,14,18H,5-8,13H2,1-4H3. The Bertz CT molecular complexity index is 352. The van der Waals surface area contributed by atoms with E-state index in [1.54, 1.807) is 0 Å². The molecule has 1 rings (SSSR count). The molecule has 0 radical (unpaired) electrons. The molecular weight excluding hydrogens is 236 g/mol. The minimum atomic E-state index is -0.199. The molecule has 0 saturated carbocycles. The van der Waals surface area contributed by atoms with Crippen LogP contribution in [0.3, 0.4) is 0 Å². The first kappa shape index (κ1) is 16.0. The van der Waals surface area contributed by atoms with Crippen LogP contribution in [0.1, 0.15) is 58.9 Å². The molecule has 1 atom stereocenters. The lowest BCUT2D eigenvalue weighted by atomic mass is 9.82. The fourth-order valence-corrected chi connectivity index (χ4v) is 1.94. The molecule has 1 aromatic rings. The molecule has 108 valence electrons. The van der Waals surface area contributed by atoms with Crippen LogP contribution in [0.2, 0.25) is 0 Å². The minimum Gasteiger partial charge on any atom is -0.494 e. The van der Waals surface area contributed by atoms with Crippen LogP contribution in [-0.4, -0.2) is 17.8 Å². The van der Waals surface area contributed by atoms with Crippen molar-refractivity contribution in [3.05, 3.63) is 29.8 Å². The maximum atomic E-state index is 9.16. The normalized spacial score (nSPS) is 13.3. The second-order valence-corrected chi connectivity index (χ2v) is 5.96. The fourth-order valence-electron chi connectivity index (χ4n) is 1.94. The molecule has 0 aliphatic rings. The predicted octanol–water partition coefficient (Wildman–Crippen LogP) is 4.30. The topological polar surface area (TPSA) is 29.5 Å². The highest BCUT2D eigenvalue weighted by atomic mass is 16.5. The summed E-state index contributed by atoms with van der Waals surface area (Å²) in [6.45, 7) is 9.29. The van der Waals surface area contributed by atoms with Crippen molar-refractivity contribution in [1.82, 2.24) is 0 Å². The van der Waals surface area contributed by atoms with E-state index in [1.165, 1.54) is 5.56 Å². The van der Waals surface area contributed by atoms with Gasteiger partial charge in [-0.1, -0.05) is 32.9 Å². The van der Waals surface area contributed by atoms with Crippen LogP contribution in [0.5, 0.6) is 5.75 Å². The molecule has 19 heavy (non-hydrogen) atoms. The predicted molar refractivity (Wildman–Crippen MR) is 80.8 cm³/mol. The Kier molecular flexibility index (Phi) is 6.36. The van der Waals surface area contributed by atoms with Crippen molar-refractivity contribution in [2.75, 3.05) is 6.61 Å². The van der Waals surface area contributed by atoms with Gasteiger partial charge in [0, 0.05) is 0 Å². The van der Waals surface area contributed by atoms with E-state index in [0.717, 1.165) is 38.0 Å². The van der Waals surface area contributed by atoms with Crippen LogP contribution < -0.4 is 4.74 Å². The summed E-state index contributed by atoms with van der Waals surface area (Å²) in [6, 6.07) is 8.44. The summed E-state index contributed by atoms with van der Waals surface area (Å²) in [5.74, 6) is 0.938. The van der Waals surface area contributed by atoms with E-state index < -0.39 is 0 Å². The van der Waals surface area contributed by atoms with Crippen LogP contribution in [0.15, 0.2) is 24.3 Å². The van der Waals surface area contributed by atoms with Gasteiger partial charge in [-0.15, -0.1) is 0 Å². The van der Waals surface area contributed by atoms with Crippen molar-refractivity contribution >= 4 is 0 Å². The van der Waals surface area contributed by atoms with Crippen molar-refractivity contribution in [3.8, 4) is 5.75 Å². The zero-order chi connectivity index (χ0) is 14.3. The minimum absolute atomic E-state index is 0.199. The monoisotopic (exact) mass is 264 g/mol. The summed E-state index contributed by atoms with van der Waals surface area (Å²) in [4.78, 5) is 0. The summed E-state index contributed by atoms with van der Waals surface area (Å²) < 4.78 is 5.71. The molecule has 0 heterocycles. The van der Waals surface area contributed by atoms with Gasteiger partial charge in [-0.2, -0.15) is 0 Å². The Hall–Kier alpha value is -1.02. The molecule has 0 aliphatic carbocycles. The maximum absolute atomic E-state index is 9.16. The number of ether oxygens (including phenoxy) is 1. The third-order valence-corrected chi connectivity index (χ3v) is 3.80. The summed E-state index contributed by atoms with van der Waals surface area (Å²) in [6.07, 6.45) is 3.79. The van der Waals surface area contributed by atoms with Gasteiger partial charge in [0.15, 0.2) is 0 Å². The Labute approximate surface area is 117 Å². The highest BCUT2D eigenvalue weighted by Crippen LogP contribution is 2.28. The number of hydrogen-bond acceptors (Lipinski definition) is 2. The van der Waals surface area contributed by atoms with Crippen LogP contribution in [0.25, 0.3) is 0 Å².